The molecule has 1 N–H and O–H groups in total. The topological polar surface area (TPSA) is 50.0 Å². The molecule has 1 heterocycles. The maximum Gasteiger partial charge on any atom is 0.120 e. The highest BCUT2D eigenvalue weighted by molar-refractivity contribution is 5.29. The first-order chi connectivity index (χ1) is 9.74. The van der Waals surface area contributed by atoms with Crippen molar-refractivity contribution in [2.24, 2.45) is 7.05 Å². The Kier molecular flexibility index (Phi) is 4.94. The lowest BCUT2D eigenvalue weighted by Crippen LogP contribution is -2.13. The fraction of sp³-hybridized carbons (Fsp3) is 0.312. The van der Waals surface area contributed by atoms with Crippen molar-refractivity contribution >= 4 is 0 Å². The average molecular weight is 269 g/mol. The SMILES string of the molecule is COCc1ccccc1CNCc1cc(C#N)n(C)c1. The van der Waals surface area contributed by atoms with E-state index in [0.717, 1.165) is 18.7 Å². The molecule has 104 valence electrons. The fourth-order valence-electron chi connectivity index (χ4n) is 2.21. The zero-order valence-corrected chi connectivity index (χ0v) is 11.9. The predicted octanol–water partition coefficient (Wildman–Crippen LogP) is 2.33. The molecule has 0 radical (unpaired) electrons. The Morgan fingerprint density at radius 3 is 2.65 bits per heavy atom. The highest BCUT2D eigenvalue weighted by Crippen LogP contribution is 2.11. The molecule has 20 heavy (non-hydrogen) atoms. The molecule has 0 atom stereocenters. The predicted molar refractivity (Wildman–Crippen MR) is 77.8 cm³/mol. The van der Waals surface area contributed by atoms with Crippen molar-refractivity contribution in [1.29, 1.82) is 5.26 Å². The number of aromatic nitrogens is 1. The Labute approximate surface area is 119 Å². The lowest BCUT2D eigenvalue weighted by molar-refractivity contribution is 0.184. The van der Waals surface area contributed by atoms with Crippen LogP contribution in [-0.2, 0) is 31.5 Å². The van der Waals surface area contributed by atoms with Crippen LogP contribution in [0.25, 0.3) is 0 Å². The Morgan fingerprint density at radius 2 is 2.00 bits per heavy atom. The van der Waals surface area contributed by atoms with E-state index in [1.165, 1.54) is 11.1 Å². The minimum atomic E-state index is 0.627. The van der Waals surface area contributed by atoms with Gasteiger partial charge in [-0.2, -0.15) is 5.26 Å². The summed E-state index contributed by atoms with van der Waals surface area (Å²) in [5, 5.41) is 12.3. The number of nitriles is 1. The number of benzene rings is 1. The van der Waals surface area contributed by atoms with Crippen LogP contribution in [0.5, 0.6) is 0 Å². The fourth-order valence-corrected chi connectivity index (χ4v) is 2.21. The van der Waals surface area contributed by atoms with Gasteiger partial charge >= 0.3 is 0 Å². The van der Waals surface area contributed by atoms with E-state index in [-0.39, 0.29) is 0 Å². The second-order valence-electron chi connectivity index (χ2n) is 4.76. The summed E-state index contributed by atoms with van der Waals surface area (Å²) >= 11 is 0. The summed E-state index contributed by atoms with van der Waals surface area (Å²) < 4.78 is 7.04. The highest BCUT2D eigenvalue weighted by Gasteiger charge is 2.04. The van der Waals surface area contributed by atoms with Crippen molar-refractivity contribution in [2.45, 2.75) is 19.7 Å². The van der Waals surface area contributed by atoms with Gasteiger partial charge in [-0.05, 0) is 22.8 Å². The minimum absolute atomic E-state index is 0.627. The number of rotatable bonds is 6. The Hall–Kier alpha value is -2.09. The van der Waals surface area contributed by atoms with Gasteiger partial charge in [0.2, 0.25) is 0 Å². The molecule has 0 spiro atoms. The normalized spacial score (nSPS) is 10.4. The molecule has 0 aliphatic carbocycles. The molecular formula is C16H19N3O. The average Bonchev–Trinajstić information content (AvgIpc) is 2.81. The minimum Gasteiger partial charge on any atom is -0.380 e. The van der Waals surface area contributed by atoms with Crippen molar-refractivity contribution in [3.05, 3.63) is 58.9 Å². The van der Waals surface area contributed by atoms with Gasteiger partial charge < -0.3 is 14.6 Å². The monoisotopic (exact) mass is 269 g/mol. The van der Waals surface area contributed by atoms with Crippen molar-refractivity contribution < 1.29 is 4.74 Å². The molecule has 0 saturated carbocycles. The quantitative estimate of drug-likeness (QED) is 0.875. The van der Waals surface area contributed by atoms with Gasteiger partial charge in [-0.15, -0.1) is 0 Å². The number of nitrogens with one attached hydrogen (secondary N) is 1. The Balaban J connectivity index is 1.94. The number of ether oxygens (including phenoxy) is 1. The number of aryl methyl sites for hydroxylation is 1. The molecule has 1 aromatic carbocycles. The van der Waals surface area contributed by atoms with Crippen molar-refractivity contribution in [3.63, 3.8) is 0 Å². The maximum absolute atomic E-state index is 8.93. The first-order valence-electron chi connectivity index (χ1n) is 6.56. The van der Waals surface area contributed by atoms with Crippen LogP contribution in [0.4, 0.5) is 0 Å². The van der Waals surface area contributed by atoms with Crippen molar-refractivity contribution in [3.8, 4) is 6.07 Å². The van der Waals surface area contributed by atoms with Gasteiger partial charge in [0.15, 0.2) is 0 Å². The van der Waals surface area contributed by atoms with Crippen molar-refractivity contribution in [2.75, 3.05) is 7.11 Å². The first kappa shape index (κ1) is 14.3. The number of methoxy groups -OCH3 is 1. The summed E-state index contributed by atoms with van der Waals surface area (Å²) in [6.45, 7) is 2.16. The zero-order chi connectivity index (χ0) is 14.4. The Bertz CT molecular complexity index is 610. The molecule has 2 rings (SSSR count). The summed E-state index contributed by atoms with van der Waals surface area (Å²) in [7, 11) is 3.59. The van der Waals surface area contributed by atoms with Gasteiger partial charge in [0.1, 0.15) is 11.8 Å². The van der Waals surface area contributed by atoms with Crippen LogP contribution in [0, 0.1) is 11.3 Å². The van der Waals surface area contributed by atoms with Crippen LogP contribution < -0.4 is 5.32 Å². The maximum atomic E-state index is 8.93. The first-order valence-corrected chi connectivity index (χ1v) is 6.56. The Morgan fingerprint density at radius 1 is 1.25 bits per heavy atom. The molecule has 0 aliphatic heterocycles. The smallest absolute Gasteiger partial charge is 0.120 e. The summed E-state index contributed by atoms with van der Waals surface area (Å²) in [5.74, 6) is 0. The molecule has 4 nitrogen and oxygen atoms in total. The van der Waals surface area contributed by atoms with Gasteiger partial charge in [-0.1, -0.05) is 24.3 Å². The second-order valence-corrected chi connectivity index (χ2v) is 4.76. The number of nitrogens with zero attached hydrogens (tertiary/aromatic N) is 2. The summed E-state index contributed by atoms with van der Waals surface area (Å²) in [4.78, 5) is 0. The molecular weight excluding hydrogens is 250 g/mol. The number of hydrogen-bond donors (Lipinski definition) is 1. The third-order valence-electron chi connectivity index (χ3n) is 3.24. The molecule has 0 saturated heterocycles. The van der Waals surface area contributed by atoms with E-state index in [9.17, 15) is 0 Å². The van der Waals surface area contributed by atoms with Gasteiger partial charge in [0.05, 0.1) is 6.61 Å². The molecule has 0 amide bonds. The largest absolute Gasteiger partial charge is 0.380 e. The molecule has 0 bridgehead atoms. The lowest BCUT2D eigenvalue weighted by Gasteiger charge is -2.09. The van der Waals surface area contributed by atoms with Crippen molar-refractivity contribution in [1.82, 2.24) is 9.88 Å². The van der Waals surface area contributed by atoms with Crippen LogP contribution in [-0.4, -0.2) is 11.7 Å². The zero-order valence-electron chi connectivity index (χ0n) is 11.9. The van der Waals surface area contributed by atoms with Crippen LogP contribution in [0.15, 0.2) is 36.5 Å². The van der Waals surface area contributed by atoms with Gasteiger partial charge in [0.25, 0.3) is 0 Å². The van der Waals surface area contributed by atoms with Gasteiger partial charge in [-0.25, -0.2) is 0 Å². The van der Waals surface area contributed by atoms with E-state index < -0.39 is 0 Å². The van der Waals surface area contributed by atoms with E-state index in [1.54, 1.807) is 7.11 Å². The third kappa shape index (κ3) is 3.47. The van der Waals surface area contributed by atoms with Gasteiger partial charge in [-0.3, -0.25) is 0 Å². The standard InChI is InChI=1S/C16H19N3O/c1-19-11-13(7-16(19)8-17)9-18-10-14-5-3-4-6-15(14)12-20-2/h3-7,11,18H,9-10,12H2,1-2H3. The van der Waals surface area contributed by atoms with E-state index in [1.807, 2.05) is 36.0 Å². The van der Waals surface area contributed by atoms with Crippen LogP contribution in [0.3, 0.4) is 0 Å². The van der Waals surface area contributed by atoms with Gasteiger partial charge in [0, 0.05) is 33.4 Å². The summed E-state index contributed by atoms with van der Waals surface area (Å²) in [6, 6.07) is 12.3. The lowest BCUT2D eigenvalue weighted by atomic mass is 10.1. The van der Waals surface area contributed by atoms with Crippen LogP contribution in [0.2, 0.25) is 0 Å². The number of hydrogen-bond acceptors (Lipinski definition) is 3. The molecule has 1 aromatic heterocycles. The van der Waals surface area contributed by atoms with E-state index in [2.05, 4.69) is 23.5 Å². The summed E-state index contributed by atoms with van der Waals surface area (Å²) in [6.07, 6.45) is 1.98. The summed E-state index contributed by atoms with van der Waals surface area (Å²) in [5.41, 5.74) is 4.24. The van der Waals surface area contributed by atoms with E-state index in [0.29, 0.717) is 12.3 Å². The van der Waals surface area contributed by atoms with E-state index in [4.69, 9.17) is 10.00 Å². The molecule has 0 fully saturated rings. The molecule has 0 unspecified atom stereocenters. The molecule has 0 aliphatic rings. The second kappa shape index (κ2) is 6.90. The van der Waals surface area contributed by atoms with Crippen LogP contribution in [0.1, 0.15) is 22.4 Å². The van der Waals surface area contributed by atoms with Crippen LogP contribution >= 0.6 is 0 Å². The van der Waals surface area contributed by atoms with E-state index >= 15 is 0 Å². The molecule has 2 aromatic rings. The molecule has 4 heteroatoms. The highest BCUT2D eigenvalue weighted by atomic mass is 16.5. The third-order valence-corrected chi connectivity index (χ3v) is 3.24.